The summed E-state index contributed by atoms with van der Waals surface area (Å²) in [5.74, 6) is 0. The highest BCUT2D eigenvalue weighted by Gasteiger charge is 2.14. The summed E-state index contributed by atoms with van der Waals surface area (Å²) >= 11 is 0. The molecule has 1 saturated heterocycles. The first-order valence-corrected chi connectivity index (χ1v) is 6.75. The number of piperazine rings is 1. The Morgan fingerprint density at radius 1 is 1.00 bits per heavy atom. The summed E-state index contributed by atoms with van der Waals surface area (Å²) in [4.78, 5) is 4.93. The van der Waals surface area contributed by atoms with Crippen LogP contribution in [0.15, 0.2) is 36.4 Å². The van der Waals surface area contributed by atoms with Gasteiger partial charge in [0.05, 0.1) is 0 Å². The lowest BCUT2D eigenvalue weighted by Gasteiger charge is -2.33. The van der Waals surface area contributed by atoms with Gasteiger partial charge in [-0.1, -0.05) is 42.5 Å². The van der Waals surface area contributed by atoms with Crippen molar-refractivity contribution in [3.8, 4) is 0 Å². The Balaban J connectivity index is 1.71. The van der Waals surface area contributed by atoms with E-state index in [0.717, 1.165) is 45.8 Å². The van der Waals surface area contributed by atoms with Crippen LogP contribution in [0.1, 0.15) is 5.56 Å². The standard InChI is InChI=1S/C15H23N3/c16-8-10-18-13-11-17(12-14-18)9-4-7-15-5-2-1-3-6-15/h1-7H,8-14,16H2. The molecule has 1 aliphatic heterocycles. The molecular weight excluding hydrogens is 222 g/mol. The lowest BCUT2D eigenvalue weighted by Crippen LogP contribution is -2.47. The minimum atomic E-state index is 0.772. The Kier molecular flexibility index (Phi) is 5.39. The second-order valence-electron chi connectivity index (χ2n) is 4.74. The van der Waals surface area contributed by atoms with Gasteiger partial charge in [0.2, 0.25) is 0 Å². The molecule has 0 bridgehead atoms. The Morgan fingerprint density at radius 3 is 2.33 bits per heavy atom. The second kappa shape index (κ2) is 7.31. The van der Waals surface area contributed by atoms with E-state index in [2.05, 4.69) is 46.2 Å². The molecule has 2 N–H and O–H groups in total. The Morgan fingerprint density at radius 2 is 1.67 bits per heavy atom. The van der Waals surface area contributed by atoms with Crippen LogP contribution >= 0.6 is 0 Å². The van der Waals surface area contributed by atoms with Crippen LogP contribution in [0.3, 0.4) is 0 Å². The van der Waals surface area contributed by atoms with E-state index in [1.165, 1.54) is 5.56 Å². The van der Waals surface area contributed by atoms with E-state index in [4.69, 9.17) is 5.73 Å². The third-order valence-electron chi connectivity index (χ3n) is 3.38. The molecule has 1 aromatic carbocycles. The monoisotopic (exact) mass is 245 g/mol. The van der Waals surface area contributed by atoms with Crippen LogP contribution in [0.5, 0.6) is 0 Å². The largest absolute Gasteiger partial charge is 0.329 e. The van der Waals surface area contributed by atoms with Crippen molar-refractivity contribution in [3.05, 3.63) is 42.0 Å². The van der Waals surface area contributed by atoms with Crippen molar-refractivity contribution in [1.82, 2.24) is 9.80 Å². The molecule has 0 amide bonds. The molecule has 0 radical (unpaired) electrons. The zero-order valence-electron chi connectivity index (χ0n) is 11.0. The van der Waals surface area contributed by atoms with Gasteiger partial charge in [-0.3, -0.25) is 9.80 Å². The molecule has 1 fully saturated rings. The number of benzene rings is 1. The average Bonchev–Trinajstić information content (AvgIpc) is 2.42. The number of nitrogens with zero attached hydrogens (tertiary/aromatic N) is 2. The summed E-state index contributed by atoms with van der Waals surface area (Å²) in [7, 11) is 0. The van der Waals surface area contributed by atoms with Crippen molar-refractivity contribution in [3.63, 3.8) is 0 Å². The van der Waals surface area contributed by atoms with Gasteiger partial charge in [0.25, 0.3) is 0 Å². The van der Waals surface area contributed by atoms with E-state index in [9.17, 15) is 0 Å². The highest BCUT2D eigenvalue weighted by atomic mass is 15.3. The molecule has 18 heavy (non-hydrogen) atoms. The smallest absolute Gasteiger partial charge is 0.0167 e. The first-order valence-electron chi connectivity index (χ1n) is 6.75. The summed E-state index contributed by atoms with van der Waals surface area (Å²) in [5, 5.41) is 0. The number of hydrogen-bond donors (Lipinski definition) is 1. The van der Waals surface area contributed by atoms with Gasteiger partial charge in [0.15, 0.2) is 0 Å². The fourth-order valence-corrected chi connectivity index (χ4v) is 2.28. The first kappa shape index (κ1) is 13.3. The summed E-state index contributed by atoms with van der Waals surface area (Å²) in [5.41, 5.74) is 6.85. The minimum absolute atomic E-state index is 0.772. The zero-order valence-corrected chi connectivity index (χ0v) is 11.0. The maximum atomic E-state index is 5.57. The van der Waals surface area contributed by atoms with Crippen LogP contribution < -0.4 is 5.73 Å². The van der Waals surface area contributed by atoms with E-state index < -0.39 is 0 Å². The van der Waals surface area contributed by atoms with E-state index in [1.54, 1.807) is 0 Å². The SMILES string of the molecule is NCCN1CCN(CC=Cc2ccccc2)CC1. The number of nitrogens with two attached hydrogens (primary N) is 1. The predicted octanol–water partition coefficient (Wildman–Crippen LogP) is 1.28. The molecule has 0 unspecified atom stereocenters. The molecule has 3 nitrogen and oxygen atoms in total. The third-order valence-corrected chi connectivity index (χ3v) is 3.38. The summed E-state index contributed by atoms with van der Waals surface area (Å²) in [6, 6.07) is 10.5. The normalized spacial score (nSPS) is 18.5. The summed E-state index contributed by atoms with van der Waals surface area (Å²) in [6.45, 7) is 7.46. The van der Waals surface area contributed by atoms with E-state index in [-0.39, 0.29) is 0 Å². The molecule has 0 saturated carbocycles. The summed E-state index contributed by atoms with van der Waals surface area (Å²) in [6.07, 6.45) is 4.46. The van der Waals surface area contributed by atoms with Gasteiger partial charge in [0.1, 0.15) is 0 Å². The van der Waals surface area contributed by atoms with Crippen LogP contribution in [0, 0.1) is 0 Å². The van der Waals surface area contributed by atoms with Crippen LogP contribution in [0.2, 0.25) is 0 Å². The Bertz CT molecular complexity index is 353. The molecule has 0 spiro atoms. The van der Waals surface area contributed by atoms with Crippen molar-refractivity contribution in [2.24, 2.45) is 5.73 Å². The topological polar surface area (TPSA) is 32.5 Å². The first-order chi connectivity index (χ1) is 8.88. The van der Waals surface area contributed by atoms with Gasteiger partial charge in [-0.25, -0.2) is 0 Å². The third kappa shape index (κ3) is 4.26. The van der Waals surface area contributed by atoms with Gasteiger partial charge < -0.3 is 5.73 Å². The molecule has 3 heteroatoms. The van der Waals surface area contributed by atoms with Crippen LogP contribution in [-0.4, -0.2) is 55.6 Å². The van der Waals surface area contributed by atoms with Crippen molar-refractivity contribution >= 4 is 6.08 Å². The van der Waals surface area contributed by atoms with Crippen molar-refractivity contribution in [2.75, 3.05) is 45.8 Å². The zero-order chi connectivity index (χ0) is 12.6. The fraction of sp³-hybridized carbons (Fsp3) is 0.467. The van der Waals surface area contributed by atoms with E-state index >= 15 is 0 Å². The van der Waals surface area contributed by atoms with Gasteiger partial charge in [0, 0.05) is 45.8 Å². The molecule has 1 aromatic rings. The predicted molar refractivity (Wildman–Crippen MR) is 77.4 cm³/mol. The van der Waals surface area contributed by atoms with Crippen LogP contribution in [0.4, 0.5) is 0 Å². The quantitative estimate of drug-likeness (QED) is 0.848. The molecule has 0 aromatic heterocycles. The average molecular weight is 245 g/mol. The highest BCUT2D eigenvalue weighted by molar-refractivity contribution is 5.48. The lowest BCUT2D eigenvalue weighted by molar-refractivity contribution is 0.146. The van der Waals surface area contributed by atoms with E-state index in [1.807, 2.05) is 6.07 Å². The van der Waals surface area contributed by atoms with E-state index in [0.29, 0.717) is 0 Å². The number of rotatable bonds is 5. The van der Waals surface area contributed by atoms with Gasteiger partial charge in [-0.05, 0) is 5.56 Å². The molecule has 0 atom stereocenters. The van der Waals surface area contributed by atoms with Crippen LogP contribution in [-0.2, 0) is 0 Å². The van der Waals surface area contributed by atoms with Gasteiger partial charge >= 0.3 is 0 Å². The molecular formula is C15H23N3. The van der Waals surface area contributed by atoms with Gasteiger partial charge in [-0.2, -0.15) is 0 Å². The second-order valence-corrected chi connectivity index (χ2v) is 4.74. The minimum Gasteiger partial charge on any atom is -0.329 e. The summed E-state index contributed by atoms with van der Waals surface area (Å²) < 4.78 is 0. The number of hydrogen-bond acceptors (Lipinski definition) is 3. The highest BCUT2D eigenvalue weighted by Crippen LogP contribution is 2.04. The van der Waals surface area contributed by atoms with Crippen molar-refractivity contribution in [1.29, 1.82) is 0 Å². The lowest BCUT2D eigenvalue weighted by atomic mass is 10.2. The molecule has 2 rings (SSSR count). The van der Waals surface area contributed by atoms with Crippen molar-refractivity contribution < 1.29 is 0 Å². The molecule has 98 valence electrons. The maximum Gasteiger partial charge on any atom is 0.0167 e. The molecule has 1 heterocycles. The molecule has 1 aliphatic rings. The molecule has 0 aliphatic carbocycles. The van der Waals surface area contributed by atoms with Crippen molar-refractivity contribution in [2.45, 2.75) is 0 Å². The maximum absolute atomic E-state index is 5.57. The Hall–Kier alpha value is -1.16. The van der Waals surface area contributed by atoms with Crippen LogP contribution in [0.25, 0.3) is 6.08 Å². The van der Waals surface area contributed by atoms with Gasteiger partial charge in [-0.15, -0.1) is 0 Å². The Labute approximate surface area is 110 Å². The fourth-order valence-electron chi connectivity index (χ4n) is 2.28.